The molecule has 1 aromatic rings. The molecule has 1 N–H and O–H groups in total. The molecule has 4 nitrogen and oxygen atoms in total. The number of rotatable bonds is 4. The lowest BCUT2D eigenvalue weighted by Gasteiger charge is -2.18. The maximum Gasteiger partial charge on any atom is 0.323 e. The quantitative estimate of drug-likeness (QED) is 0.860. The first-order chi connectivity index (χ1) is 9.51. The highest BCUT2D eigenvalue weighted by molar-refractivity contribution is 6.30. The lowest BCUT2D eigenvalue weighted by Crippen LogP contribution is -2.31. The van der Waals surface area contributed by atoms with Gasteiger partial charge in [-0.15, -0.1) is 12.4 Å². The Morgan fingerprint density at radius 1 is 1.43 bits per heavy atom. The Bertz CT molecular complexity index is 494. The molecule has 0 unspecified atom stereocenters. The summed E-state index contributed by atoms with van der Waals surface area (Å²) in [7, 11) is 1.40. The minimum Gasteiger partial charge on any atom is -0.489 e. The average Bonchev–Trinajstić information content (AvgIpc) is 2.88. The molecule has 1 fully saturated rings. The van der Waals surface area contributed by atoms with Crippen molar-refractivity contribution in [2.75, 3.05) is 13.7 Å². The molecule has 1 aliphatic heterocycles. The third-order valence-corrected chi connectivity index (χ3v) is 3.70. The van der Waals surface area contributed by atoms with Crippen molar-refractivity contribution in [3.63, 3.8) is 0 Å². The van der Waals surface area contributed by atoms with Gasteiger partial charge in [-0.1, -0.05) is 25.4 Å². The Balaban J connectivity index is 0.00000220. The first kappa shape index (κ1) is 18.1. The molecule has 1 saturated heterocycles. The van der Waals surface area contributed by atoms with E-state index in [2.05, 4.69) is 19.2 Å². The SMILES string of the molecule is COC(=O)[C@@H]1C[C@H](Oc2ccc(Cl)cc2C(C)C)CN1.Cl. The van der Waals surface area contributed by atoms with Gasteiger partial charge < -0.3 is 14.8 Å². The van der Waals surface area contributed by atoms with Crippen molar-refractivity contribution in [1.29, 1.82) is 0 Å². The van der Waals surface area contributed by atoms with E-state index >= 15 is 0 Å². The second kappa shape index (κ2) is 7.87. The molecule has 2 atom stereocenters. The first-order valence-corrected chi connectivity index (χ1v) is 7.16. The summed E-state index contributed by atoms with van der Waals surface area (Å²) in [5.74, 6) is 0.924. The van der Waals surface area contributed by atoms with Gasteiger partial charge in [-0.2, -0.15) is 0 Å². The van der Waals surface area contributed by atoms with Crippen LogP contribution in [0.3, 0.4) is 0 Å². The standard InChI is InChI=1S/C15H20ClNO3.ClH/c1-9(2)12-6-10(16)4-5-14(12)20-11-7-13(17-8-11)15(18)19-3;/h4-6,9,11,13,17H,7-8H2,1-3H3;1H/t11-,13-;/m0./s1. The van der Waals surface area contributed by atoms with Crippen LogP contribution in [0.4, 0.5) is 0 Å². The molecule has 0 amide bonds. The Hall–Kier alpha value is -0.970. The number of hydrogen-bond donors (Lipinski definition) is 1. The van der Waals surface area contributed by atoms with E-state index in [1.807, 2.05) is 18.2 Å². The van der Waals surface area contributed by atoms with Gasteiger partial charge in [0.25, 0.3) is 0 Å². The van der Waals surface area contributed by atoms with Gasteiger partial charge in [0, 0.05) is 18.0 Å². The van der Waals surface area contributed by atoms with E-state index in [0.29, 0.717) is 23.9 Å². The van der Waals surface area contributed by atoms with Crippen LogP contribution in [0.5, 0.6) is 5.75 Å². The van der Waals surface area contributed by atoms with Crippen LogP contribution in [-0.4, -0.2) is 31.8 Å². The van der Waals surface area contributed by atoms with E-state index in [1.165, 1.54) is 7.11 Å². The summed E-state index contributed by atoms with van der Waals surface area (Å²) in [5.41, 5.74) is 1.08. The molecule has 0 saturated carbocycles. The zero-order valence-corrected chi connectivity index (χ0v) is 14.0. The zero-order valence-electron chi connectivity index (χ0n) is 12.4. The number of nitrogens with one attached hydrogen (secondary N) is 1. The zero-order chi connectivity index (χ0) is 14.7. The summed E-state index contributed by atoms with van der Waals surface area (Å²) in [6, 6.07) is 5.37. The van der Waals surface area contributed by atoms with Gasteiger partial charge in [-0.05, 0) is 29.7 Å². The average molecular weight is 334 g/mol. The van der Waals surface area contributed by atoms with Crippen molar-refractivity contribution < 1.29 is 14.3 Å². The number of halogens is 2. The molecule has 118 valence electrons. The minimum atomic E-state index is -0.278. The fourth-order valence-corrected chi connectivity index (χ4v) is 2.55. The predicted octanol–water partition coefficient (Wildman–Crippen LogP) is 3.17. The van der Waals surface area contributed by atoms with Crippen LogP contribution in [-0.2, 0) is 9.53 Å². The highest BCUT2D eigenvalue weighted by Gasteiger charge is 2.31. The Kier molecular flexibility index (Phi) is 6.78. The van der Waals surface area contributed by atoms with Crippen molar-refractivity contribution in [3.8, 4) is 5.75 Å². The molecule has 0 bridgehead atoms. The van der Waals surface area contributed by atoms with Gasteiger partial charge in [0.2, 0.25) is 0 Å². The summed E-state index contributed by atoms with van der Waals surface area (Å²) in [4.78, 5) is 11.5. The maximum absolute atomic E-state index is 11.5. The summed E-state index contributed by atoms with van der Waals surface area (Å²) in [6.45, 7) is 4.84. The molecule has 2 rings (SSSR count). The number of esters is 1. The number of benzene rings is 1. The van der Waals surface area contributed by atoms with Crippen LogP contribution in [0.2, 0.25) is 5.02 Å². The molecule has 1 heterocycles. The number of hydrogen-bond acceptors (Lipinski definition) is 4. The van der Waals surface area contributed by atoms with Gasteiger partial charge in [-0.25, -0.2) is 0 Å². The van der Waals surface area contributed by atoms with Gasteiger partial charge in [0.05, 0.1) is 7.11 Å². The highest BCUT2D eigenvalue weighted by Crippen LogP contribution is 2.31. The van der Waals surface area contributed by atoms with Crippen molar-refractivity contribution in [2.24, 2.45) is 0 Å². The van der Waals surface area contributed by atoms with E-state index in [9.17, 15) is 4.79 Å². The Labute approximate surface area is 136 Å². The minimum absolute atomic E-state index is 0. The van der Waals surface area contributed by atoms with Crippen LogP contribution in [0.25, 0.3) is 0 Å². The topological polar surface area (TPSA) is 47.6 Å². The molecule has 1 aliphatic rings. The highest BCUT2D eigenvalue weighted by atomic mass is 35.5. The molecule has 21 heavy (non-hydrogen) atoms. The molecule has 0 spiro atoms. The molecule has 1 aromatic carbocycles. The first-order valence-electron chi connectivity index (χ1n) is 6.78. The van der Waals surface area contributed by atoms with E-state index in [4.69, 9.17) is 21.1 Å². The second-order valence-electron chi connectivity index (χ2n) is 5.30. The van der Waals surface area contributed by atoms with Crippen LogP contribution < -0.4 is 10.1 Å². The summed E-state index contributed by atoms with van der Waals surface area (Å²) >= 11 is 6.03. The molecule has 0 aromatic heterocycles. The molecular formula is C15H21Cl2NO3. The van der Waals surface area contributed by atoms with Gasteiger partial charge in [0.1, 0.15) is 17.9 Å². The molecule has 0 aliphatic carbocycles. The summed E-state index contributed by atoms with van der Waals surface area (Å²) in [6.07, 6.45) is 0.588. The third kappa shape index (κ3) is 4.50. The van der Waals surface area contributed by atoms with Crippen molar-refractivity contribution in [2.45, 2.75) is 38.3 Å². The number of ether oxygens (including phenoxy) is 2. The van der Waals surface area contributed by atoms with Crippen LogP contribution >= 0.6 is 24.0 Å². The molecule has 0 radical (unpaired) electrons. The normalized spacial score (nSPS) is 21.0. The number of carbonyl (C=O) groups excluding carboxylic acids is 1. The maximum atomic E-state index is 11.5. The predicted molar refractivity (Wildman–Crippen MR) is 85.6 cm³/mol. The number of methoxy groups -OCH3 is 1. The van der Waals surface area contributed by atoms with Crippen molar-refractivity contribution in [3.05, 3.63) is 28.8 Å². The van der Waals surface area contributed by atoms with Crippen molar-refractivity contribution >= 4 is 30.0 Å². The Morgan fingerprint density at radius 2 is 2.14 bits per heavy atom. The molecular weight excluding hydrogens is 313 g/mol. The van der Waals surface area contributed by atoms with Gasteiger partial charge in [0.15, 0.2) is 0 Å². The lowest BCUT2D eigenvalue weighted by atomic mass is 10.0. The van der Waals surface area contributed by atoms with Crippen LogP contribution in [0.15, 0.2) is 18.2 Å². The fraction of sp³-hybridized carbons (Fsp3) is 0.533. The van der Waals surface area contributed by atoms with Gasteiger partial charge >= 0.3 is 5.97 Å². The monoisotopic (exact) mass is 333 g/mol. The fourth-order valence-electron chi connectivity index (χ4n) is 2.37. The molecule has 6 heteroatoms. The lowest BCUT2D eigenvalue weighted by molar-refractivity contribution is -0.142. The number of carbonyl (C=O) groups is 1. The second-order valence-corrected chi connectivity index (χ2v) is 5.73. The third-order valence-electron chi connectivity index (χ3n) is 3.46. The Morgan fingerprint density at radius 3 is 2.76 bits per heavy atom. The van der Waals surface area contributed by atoms with E-state index < -0.39 is 0 Å². The largest absolute Gasteiger partial charge is 0.489 e. The van der Waals surface area contributed by atoms with E-state index in [1.54, 1.807) is 0 Å². The summed E-state index contributed by atoms with van der Waals surface area (Å²) < 4.78 is 10.8. The van der Waals surface area contributed by atoms with Crippen molar-refractivity contribution in [1.82, 2.24) is 5.32 Å². The van der Waals surface area contributed by atoms with Gasteiger partial charge in [-0.3, -0.25) is 4.79 Å². The summed E-state index contributed by atoms with van der Waals surface area (Å²) in [5, 5.41) is 3.82. The van der Waals surface area contributed by atoms with E-state index in [0.717, 1.165) is 11.3 Å². The van der Waals surface area contributed by atoms with E-state index in [-0.39, 0.29) is 30.5 Å². The van der Waals surface area contributed by atoms with Crippen LogP contribution in [0.1, 0.15) is 31.7 Å². The smallest absolute Gasteiger partial charge is 0.323 e. The van der Waals surface area contributed by atoms with Crippen LogP contribution in [0, 0.1) is 0 Å².